The van der Waals surface area contributed by atoms with Gasteiger partial charge in [-0.25, -0.2) is 0 Å². The molecule has 1 aliphatic carbocycles. The number of carbonyl (C=O) groups is 2. The number of benzene rings is 1. The monoisotopic (exact) mass is 385 g/mol. The highest BCUT2D eigenvalue weighted by Crippen LogP contribution is 2.26. The van der Waals surface area contributed by atoms with Crippen molar-refractivity contribution in [1.29, 1.82) is 0 Å². The first-order chi connectivity index (χ1) is 11.6. The van der Waals surface area contributed by atoms with Gasteiger partial charge in [0, 0.05) is 42.8 Å². The number of hydrogen-bond donors (Lipinski definition) is 1. The van der Waals surface area contributed by atoms with Gasteiger partial charge in [0.1, 0.15) is 0 Å². The maximum atomic E-state index is 12.7. The van der Waals surface area contributed by atoms with Gasteiger partial charge in [-0.1, -0.05) is 18.0 Å². The highest BCUT2D eigenvalue weighted by atomic mass is 35.5. The minimum atomic E-state index is -0.0384. The zero-order chi connectivity index (χ0) is 17.1. The molecule has 138 valence electrons. The van der Waals surface area contributed by atoms with Crippen molar-refractivity contribution >= 4 is 35.8 Å². The average molecular weight is 386 g/mol. The fourth-order valence-corrected chi connectivity index (χ4v) is 3.77. The molecule has 5 nitrogen and oxygen atoms in total. The molecule has 0 bridgehead atoms. The Kier molecular flexibility index (Phi) is 7.11. The molecule has 0 radical (unpaired) electrons. The van der Waals surface area contributed by atoms with Crippen molar-refractivity contribution in [3.63, 3.8) is 0 Å². The van der Waals surface area contributed by atoms with Gasteiger partial charge in [0.15, 0.2) is 0 Å². The van der Waals surface area contributed by atoms with E-state index in [9.17, 15) is 9.59 Å². The summed E-state index contributed by atoms with van der Waals surface area (Å²) in [4.78, 5) is 29.0. The van der Waals surface area contributed by atoms with Crippen LogP contribution in [0.1, 0.15) is 36.0 Å². The molecular formula is C18H25Cl2N3O2. The van der Waals surface area contributed by atoms with Crippen molar-refractivity contribution in [3.8, 4) is 0 Å². The third-order valence-electron chi connectivity index (χ3n) is 5.07. The van der Waals surface area contributed by atoms with Crippen molar-refractivity contribution in [2.45, 2.75) is 31.7 Å². The van der Waals surface area contributed by atoms with Gasteiger partial charge < -0.3 is 15.5 Å². The van der Waals surface area contributed by atoms with E-state index in [1.807, 2.05) is 9.80 Å². The minimum absolute atomic E-state index is 0. The Morgan fingerprint density at radius 2 is 1.60 bits per heavy atom. The van der Waals surface area contributed by atoms with Gasteiger partial charge in [0.25, 0.3) is 5.91 Å². The summed E-state index contributed by atoms with van der Waals surface area (Å²) in [5.41, 5.74) is 6.70. The van der Waals surface area contributed by atoms with Crippen LogP contribution in [0.4, 0.5) is 0 Å². The zero-order valence-electron chi connectivity index (χ0n) is 14.2. The summed E-state index contributed by atoms with van der Waals surface area (Å²) in [6.45, 7) is 2.52. The molecule has 3 rings (SSSR count). The summed E-state index contributed by atoms with van der Waals surface area (Å²) in [6, 6.07) is 6.94. The van der Waals surface area contributed by atoms with E-state index in [1.54, 1.807) is 24.3 Å². The molecule has 1 saturated heterocycles. The van der Waals surface area contributed by atoms with Gasteiger partial charge in [-0.15, -0.1) is 12.4 Å². The zero-order valence-corrected chi connectivity index (χ0v) is 15.8. The molecule has 2 amide bonds. The quantitative estimate of drug-likeness (QED) is 0.850. The first-order valence-electron chi connectivity index (χ1n) is 8.65. The number of carbonyl (C=O) groups excluding carboxylic acids is 2. The van der Waals surface area contributed by atoms with Crippen LogP contribution in [0.25, 0.3) is 0 Å². The third kappa shape index (κ3) is 4.66. The number of hydrogen-bond acceptors (Lipinski definition) is 3. The van der Waals surface area contributed by atoms with Crippen LogP contribution in [-0.2, 0) is 4.79 Å². The molecule has 1 saturated carbocycles. The van der Waals surface area contributed by atoms with Crippen molar-refractivity contribution in [1.82, 2.24) is 9.80 Å². The largest absolute Gasteiger partial charge is 0.341 e. The van der Waals surface area contributed by atoms with E-state index in [4.69, 9.17) is 17.3 Å². The summed E-state index contributed by atoms with van der Waals surface area (Å²) in [6.07, 6.45) is 3.66. The molecule has 7 heteroatoms. The van der Waals surface area contributed by atoms with Crippen LogP contribution >= 0.6 is 24.0 Å². The fourth-order valence-electron chi connectivity index (χ4n) is 3.65. The molecule has 25 heavy (non-hydrogen) atoms. The summed E-state index contributed by atoms with van der Waals surface area (Å²) in [5, 5.41) is 0.618. The van der Waals surface area contributed by atoms with Gasteiger partial charge in [-0.3, -0.25) is 9.59 Å². The lowest BCUT2D eigenvalue weighted by Crippen LogP contribution is -2.43. The number of nitrogens with two attached hydrogens (primary N) is 1. The van der Waals surface area contributed by atoms with E-state index in [1.165, 1.54) is 0 Å². The molecular weight excluding hydrogens is 361 g/mol. The summed E-state index contributed by atoms with van der Waals surface area (Å²) < 4.78 is 0. The Morgan fingerprint density at radius 1 is 0.960 bits per heavy atom. The Labute approximate surface area is 159 Å². The second kappa shape index (κ2) is 8.88. The molecule has 2 atom stereocenters. The van der Waals surface area contributed by atoms with Crippen LogP contribution in [0.3, 0.4) is 0 Å². The SMILES string of the molecule is Cl.NC1CCCC1C(=O)N1CCCN(C(=O)c2ccc(Cl)cc2)CC1. The maximum absolute atomic E-state index is 12.7. The van der Waals surface area contributed by atoms with Crippen molar-refractivity contribution < 1.29 is 9.59 Å². The lowest BCUT2D eigenvalue weighted by Gasteiger charge is -2.26. The summed E-state index contributed by atoms with van der Waals surface area (Å²) in [7, 11) is 0. The highest BCUT2D eigenvalue weighted by Gasteiger charge is 2.34. The molecule has 2 N–H and O–H groups in total. The molecule has 0 spiro atoms. The molecule has 1 aromatic carbocycles. The summed E-state index contributed by atoms with van der Waals surface area (Å²) >= 11 is 5.88. The van der Waals surface area contributed by atoms with Crippen molar-refractivity contribution in [3.05, 3.63) is 34.9 Å². The topological polar surface area (TPSA) is 66.6 Å². The highest BCUT2D eigenvalue weighted by molar-refractivity contribution is 6.30. The maximum Gasteiger partial charge on any atom is 0.253 e. The lowest BCUT2D eigenvalue weighted by molar-refractivity contribution is -0.135. The molecule has 2 fully saturated rings. The second-order valence-corrected chi connectivity index (χ2v) is 7.12. The first-order valence-corrected chi connectivity index (χ1v) is 9.03. The molecule has 0 aromatic heterocycles. The Bertz CT molecular complexity index is 609. The molecule has 2 unspecified atom stereocenters. The van der Waals surface area contributed by atoms with Gasteiger partial charge in [-0.05, 0) is 43.5 Å². The van der Waals surface area contributed by atoms with Crippen molar-refractivity contribution in [2.75, 3.05) is 26.2 Å². The van der Waals surface area contributed by atoms with Crippen LogP contribution in [0.15, 0.2) is 24.3 Å². The van der Waals surface area contributed by atoms with Crippen LogP contribution in [0, 0.1) is 5.92 Å². The summed E-state index contributed by atoms with van der Waals surface area (Å²) in [5.74, 6) is 0.128. The molecule has 1 aliphatic heterocycles. The van der Waals surface area contributed by atoms with Gasteiger partial charge >= 0.3 is 0 Å². The predicted molar refractivity (Wildman–Crippen MR) is 101 cm³/mol. The smallest absolute Gasteiger partial charge is 0.253 e. The number of halogens is 2. The average Bonchev–Trinajstić information content (AvgIpc) is 2.86. The third-order valence-corrected chi connectivity index (χ3v) is 5.32. The second-order valence-electron chi connectivity index (χ2n) is 6.68. The van der Waals surface area contributed by atoms with Crippen LogP contribution in [0.2, 0.25) is 5.02 Å². The van der Waals surface area contributed by atoms with Gasteiger partial charge in [0.2, 0.25) is 5.91 Å². The number of amides is 2. The first kappa shape index (κ1) is 20.0. The van der Waals surface area contributed by atoms with E-state index >= 15 is 0 Å². The minimum Gasteiger partial charge on any atom is -0.341 e. The molecule has 1 heterocycles. The number of nitrogens with zero attached hydrogens (tertiary/aromatic N) is 2. The van der Waals surface area contributed by atoms with Crippen LogP contribution in [-0.4, -0.2) is 53.8 Å². The standard InChI is InChI=1S/C18H24ClN3O2.ClH/c19-14-7-5-13(6-8-14)17(23)21-9-2-10-22(12-11-21)18(24)15-3-1-4-16(15)20;/h5-8,15-16H,1-4,9-12,20H2;1H. The Balaban J connectivity index is 0.00000225. The Hall–Kier alpha value is -1.30. The van der Waals surface area contributed by atoms with Crippen LogP contribution in [0.5, 0.6) is 0 Å². The molecule has 1 aromatic rings. The van der Waals surface area contributed by atoms with E-state index in [2.05, 4.69) is 0 Å². The normalized spacial score (nSPS) is 23.8. The fraction of sp³-hybridized carbons (Fsp3) is 0.556. The lowest BCUT2D eigenvalue weighted by atomic mass is 10.0. The van der Waals surface area contributed by atoms with Gasteiger partial charge in [0.05, 0.1) is 5.92 Å². The predicted octanol–water partition coefficient (Wildman–Crippen LogP) is 2.56. The van der Waals surface area contributed by atoms with Crippen LogP contribution < -0.4 is 5.73 Å². The van der Waals surface area contributed by atoms with Gasteiger partial charge in [-0.2, -0.15) is 0 Å². The van der Waals surface area contributed by atoms with E-state index in [-0.39, 0.29) is 36.2 Å². The van der Waals surface area contributed by atoms with Crippen molar-refractivity contribution in [2.24, 2.45) is 11.7 Å². The number of rotatable bonds is 2. The van der Waals surface area contributed by atoms with E-state index < -0.39 is 0 Å². The van der Waals surface area contributed by atoms with E-state index in [0.717, 1.165) is 25.7 Å². The molecule has 2 aliphatic rings. The van der Waals surface area contributed by atoms with E-state index in [0.29, 0.717) is 36.8 Å². The Morgan fingerprint density at radius 3 is 2.24 bits per heavy atom.